The minimum atomic E-state index is -0.616. The van der Waals surface area contributed by atoms with E-state index in [1.165, 1.54) is 7.11 Å². The van der Waals surface area contributed by atoms with Crippen LogP contribution in [0.5, 0.6) is 0 Å². The molecule has 0 aliphatic rings. The van der Waals surface area contributed by atoms with Crippen molar-refractivity contribution in [1.82, 2.24) is 5.32 Å². The summed E-state index contributed by atoms with van der Waals surface area (Å²) in [5, 5.41) is 2.43. The molecule has 5 heteroatoms. The van der Waals surface area contributed by atoms with E-state index in [9.17, 15) is 9.59 Å². The SMILES string of the molecule is COC(=O)CNC(=O)C(C)OCc1ccccc1. The van der Waals surface area contributed by atoms with Gasteiger partial charge in [-0.3, -0.25) is 9.59 Å². The number of hydrogen-bond donors (Lipinski definition) is 1. The minimum absolute atomic E-state index is 0.144. The molecule has 1 aromatic rings. The number of carbonyl (C=O) groups is 2. The van der Waals surface area contributed by atoms with Gasteiger partial charge < -0.3 is 14.8 Å². The van der Waals surface area contributed by atoms with Crippen molar-refractivity contribution in [2.45, 2.75) is 19.6 Å². The fraction of sp³-hybridized carbons (Fsp3) is 0.385. The van der Waals surface area contributed by atoms with Gasteiger partial charge in [-0.1, -0.05) is 30.3 Å². The summed E-state index contributed by atoms with van der Waals surface area (Å²) in [6, 6.07) is 9.55. The number of carbonyl (C=O) groups excluding carboxylic acids is 2. The van der Waals surface area contributed by atoms with E-state index in [4.69, 9.17) is 4.74 Å². The molecular formula is C13H17NO4. The van der Waals surface area contributed by atoms with Gasteiger partial charge >= 0.3 is 5.97 Å². The highest BCUT2D eigenvalue weighted by Crippen LogP contribution is 2.03. The molecule has 1 aromatic carbocycles. The number of ether oxygens (including phenoxy) is 2. The third kappa shape index (κ3) is 4.97. The number of amides is 1. The van der Waals surface area contributed by atoms with E-state index in [0.29, 0.717) is 6.61 Å². The summed E-state index contributed by atoms with van der Waals surface area (Å²) in [5.41, 5.74) is 0.991. The number of nitrogens with one attached hydrogen (secondary N) is 1. The molecule has 0 aliphatic heterocycles. The Bertz CT molecular complexity index is 391. The predicted octanol–water partition coefficient (Wildman–Crippen LogP) is 0.881. The lowest BCUT2D eigenvalue weighted by molar-refractivity contribution is -0.143. The van der Waals surface area contributed by atoms with Gasteiger partial charge in [0, 0.05) is 0 Å². The molecule has 5 nitrogen and oxygen atoms in total. The van der Waals surface area contributed by atoms with E-state index in [2.05, 4.69) is 10.1 Å². The second-order valence-electron chi connectivity index (χ2n) is 3.73. The van der Waals surface area contributed by atoms with Crippen LogP contribution < -0.4 is 5.32 Å². The van der Waals surface area contributed by atoms with E-state index >= 15 is 0 Å². The van der Waals surface area contributed by atoms with Crippen LogP contribution in [-0.4, -0.2) is 31.6 Å². The average molecular weight is 251 g/mol. The smallest absolute Gasteiger partial charge is 0.325 e. The summed E-state index contributed by atoms with van der Waals surface area (Å²) in [5.74, 6) is -0.824. The molecule has 0 aromatic heterocycles. The molecule has 1 N–H and O–H groups in total. The number of benzene rings is 1. The van der Waals surface area contributed by atoms with Crippen LogP contribution in [0.1, 0.15) is 12.5 Å². The van der Waals surface area contributed by atoms with Crippen molar-refractivity contribution < 1.29 is 19.1 Å². The molecule has 0 fully saturated rings. The number of methoxy groups -OCH3 is 1. The Morgan fingerprint density at radius 3 is 2.56 bits per heavy atom. The second kappa shape index (κ2) is 7.45. The standard InChI is InChI=1S/C13H17NO4/c1-10(13(16)14-8-12(15)17-2)18-9-11-6-4-3-5-7-11/h3-7,10H,8-9H2,1-2H3,(H,14,16). The fourth-order valence-electron chi connectivity index (χ4n) is 1.25. The molecule has 1 atom stereocenters. The molecule has 0 saturated heterocycles. The van der Waals surface area contributed by atoms with Gasteiger partial charge in [0.15, 0.2) is 0 Å². The van der Waals surface area contributed by atoms with E-state index in [1.807, 2.05) is 30.3 Å². The van der Waals surface area contributed by atoms with Crippen LogP contribution in [0.2, 0.25) is 0 Å². The van der Waals surface area contributed by atoms with Gasteiger partial charge in [0.05, 0.1) is 13.7 Å². The Balaban J connectivity index is 2.30. The Labute approximate surface area is 106 Å². The first-order valence-corrected chi connectivity index (χ1v) is 5.63. The molecule has 0 saturated carbocycles. The monoisotopic (exact) mass is 251 g/mol. The first kappa shape index (κ1) is 14.2. The van der Waals surface area contributed by atoms with Crippen LogP contribution in [0.15, 0.2) is 30.3 Å². The first-order valence-electron chi connectivity index (χ1n) is 5.63. The summed E-state index contributed by atoms with van der Waals surface area (Å²) >= 11 is 0. The second-order valence-corrected chi connectivity index (χ2v) is 3.73. The Hall–Kier alpha value is -1.88. The van der Waals surface area contributed by atoms with E-state index in [-0.39, 0.29) is 12.5 Å². The highest BCUT2D eigenvalue weighted by molar-refractivity contribution is 5.84. The molecule has 1 rings (SSSR count). The van der Waals surface area contributed by atoms with Crippen LogP contribution in [0.4, 0.5) is 0 Å². The number of hydrogen-bond acceptors (Lipinski definition) is 4. The van der Waals surface area contributed by atoms with Crippen molar-refractivity contribution in [2.75, 3.05) is 13.7 Å². The molecule has 18 heavy (non-hydrogen) atoms. The third-order valence-electron chi connectivity index (χ3n) is 2.35. The summed E-state index contributed by atoms with van der Waals surface area (Å²) in [6.45, 7) is 1.84. The third-order valence-corrected chi connectivity index (χ3v) is 2.35. The zero-order valence-electron chi connectivity index (χ0n) is 10.5. The van der Waals surface area contributed by atoms with Gasteiger partial charge in [0.25, 0.3) is 0 Å². The molecule has 1 unspecified atom stereocenters. The zero-order valence-corrected chi connectivity index (χ0v) is 10.5. The number of esters is 1. The van der Waals surface area contributed by atoms with Gasteiger partial charge in [-0.25, -0.2) is 0 Å². The molecular weight excluding hydrogens is 234 g/mol. The van der Waals surface area contributed by atoms with Crippen LogP contribution in [0.25, 0.3) is 0 Å². The van der Waals surface area contributed by atoms with Crippen LogP contribution in [0.3, 0.4) is 0 Å². The Morgan fingerprint density at radius 2 is 1.94 bits per heavy atom. The van der Waals surface area contributed by atoms with Crippen molar-refractivity contribution >= 4 is 11.9 Å². The van der Waals surface area contributed by atoms with Gasteiger partial charge in [-0.15, -0.1) is 0 Å². The largest absolute Gasteiger partial charge is 0.468 e. The summed E-state index contributed by atoms with van der Waals surface area (Å²) in [7, 11) is 1.27. The van der Waals surface area contributed by atoms with Crippen molar-refractivity contribution in [3.8, 4) is 0 Å². The van der Waals surface area contributed by atoms with Crippen molar-refractivity contribution in [1.29, 1.82) is 0 Å². The Morgan fingerprint density at radius 1 is 1.28 bits per heavy atom. The van der Waals surface area contributed by atoms with Crippen molar-refractivity contribution in [3.05, 3.63) is 35.9 Å². The molecule has 0 spiro atoms. The van der Waals surface area contributed by atoms with Gasteiger partial charge in [-0.05, 0) is 12.5 Å². The molecule has 98 valence electrons. The molecule has 0 heterocycles. The average Bonchev–Trinajstić information content (AvgIpc) is 2.42. The lowest BCUT2D eigenvalue weighted by Gasteiger charge is -2.12. The maximum absolute atomic E-state index is 11.5. The zero-order chi connectivity index (χ0) is 13.4. The minimum Gasteiger partial charge on any atom is -0.468 e. The summed E-state index contributed by atoms with van der Waals surface area (Å²) in [4.78, 5) is 22.4. The number of rotatable bonds is 6. The lowest BCUT2D eigenvalue weighted by atomic mass is 10.2. The van der Waals surface area contributed by atoms with Gasteiger partial charge in [-0.2, -0.15) is 0 Å². The molecule has 0 aliphatic carbocycles. The lowest BCUT2D eigenvalue weighted by Crippen LogP contribution is -2.37. The van der Waals surface area contributed by atoms with Gasteiger partial charge in [0.2, 0.25) is 5.91 Å². The van der Waals surface area contributed by atoms with Gasteiger partial charge in [0.1, 0.15) is 12.6 Å². The quantitative estimate of drug-likeness (QED) is 0.762. The fourth-order valence-corrected chi connectivity index (χ4v) is 1.25. The van der Waals surface area contributed by atoms with Crippen molar-refractivity contribution in [2.24, 2.45) is 0 Å². The van der Waals surface area contributed by atoms with Crippen LogP contribution in [-0.2, 0) is 25.7 Å². The van der Waals surface area contributed by atoms with E-state index in [1.54, 1.807) is 6.92 Å². The normalized spacial score (nSPS) is 11.7. The van der Waals surface area contributed by atoms with Crippen LogP contribution in [0, 0.1) is 0 Å². The topological polar surface area (TPSA) is 64.6 Å². The summed E-state index contributed by atoms with van der Waals surface area (Å²) in [6.07, 6.45) is -0.616. The molecule has 0 radical (unpaired) electrons. The van der Waals surface area contributed by atoms with Crippen LogP contribution >= 0.6 is 0 Å². The maximum Gasteiger partial charge on any atom is 0.325 e. The summed E-state index contributed by atoms with van der Waals surface area (Å²) < 4.78 is 9.81. The van der Waals surface area contributed by atoms with E-state index < -0.39 is 12.1 Å². The predicted molar refractivity (Wildman–Crippen MR) is 65.7 cm³/mol. The maximum atomic E-state index is 11.5. The molecule has 0 bridgehead atoms. The van der Waals surface area contributed by atoms with E-state index in [0.717, 1.165) is 5.56 Å². The van der Waals surface area contributed by atoms with Crippen molar-refractivity contribution in [3.63, 3.8) is 0 Å². The highest BCUT2D eigenvalue weighted by Gasteiger charge is 2.14. The molecule has 1 amide bonds. The highest BCUT2D eigenvalue weighted by atomic mass is 16.5. The first-order chi connectivity index (χ1) is 8.63. The Kier molecular flexibility index (Phi) is 5.87.